The van der Waals surface area contributed by atoms with Crippen molar-refractivity contribution >= 4 is 17.5 Å². The van der Waals surface area contributed by atoms with E-state index in [0.29, 0.717) is 35.6 Å². The number of methoxy groups -OCH3 is 2. The highest BCUT2D eigenvalue weighted by atomic mass is 16.5. The molecule has 170 valence electrons. The van der Waals surface area contributed by atoms with Crippen molar-refractivity contribution < 1.29 is 19.1 Å². The number of ketones is 1. The largest absolute Gasteiger partial charge is 0.497 e. The molecule has 0 unspecified atom stereocenters. The van der Waals surface area contributed by atoms with E-state index in [2.05, 4.69) is 20.5 Å². The Morgan fingerprint density at radius 3 is 2.31 bits per heavy atom. The van der Waals surface area contributed by atoms with Gasteiger partial charge < -0.3 is 19.8 Å². The van der Waals surface area contributed by atoms with Crippen LogP contribution in [-0.4, -0.2) is 41.1 Å². The Bertz CT molecular complexity index is 1090. The molecule has 1 amide bonds. The van der Waals surface area contributed by atoms with Crippen molar-refractivity contribution in [3.63, 3.8) is 0 Å². The second-order valence-corrected chi connectivity index (χ2v) is 7.74. The van der Waals surface area contributed by atoms with Crippen molar-refractivity contribution in [1.82, 2.24) is 15.2 Å². The number of carbonyl (C=O) groups is 2. The standard InChI is InChI=1S/C24H30N4O4/c1-6-7-20-22(15(3)29)14(2)25-23(20)24(30)26-21-12-17(27-28-21)9-8-16-10-18(31-4)13-19(11-16)32-5/h10-13,25H,6-9H2,1-5H3,(H2,26,27,28,30). The highest BCUT2D eigenvalue weighted by molar-refractivity contribution is 6.07. The normalized spacial score (nSPS) is 10.8. The third kappa shape index (κ3) is 5.19. The minimum absolute atomic E-state index is 0.0440. The number of aryl methyl sites for hydroxylation is 3. The first-order chi connectivity index (χ1) is 15.4. The van der Waals surface area contributed by atoms with E-state index in [1.165, 1.54) is 6.92 Å². The van der Waals surface area contributed by atoms with Crippen molar-refractivity contribution in [3.8, 4) is 11.5 Å². The molecule has 32 heavy (non-hydrogen) atoms. The summed E-state index contributed by atoms with van der Waals surface area (Å²) in [5.74, 6) is 1.57. The first kappa shape index (κ1) is 23.1. The Balaban J connectivity index is 1.70. The summed E-state index contributed by atoms with van der Waals surface area (Å²) in [6, 6.07) is 7.59. The number of H-pyrrole nitrogens is 2. The molecule has 0 fully saturated rings. The number of rotatable bonds is 10. The Morgan fingerprint density at radius 1 is 1.03 bits per heavy atom. The van der Waals surface area contributed by atoms with Gasteiger partial charge in [-0.2, -0.15) is 5.10 Å². The van der Waals surface area contributed by atoms with Crippen LogP contribution in [-0.2, 0) is 19.3 Å². The van der Waals surface area contributed by atoms with Crippen LogP contribution in [0, 0.1) is 6.92 Å². The molecule has 2 aromatic heterocycles. The predicted octanol–water partition coefficient (Wildman–Crippen LogP) is 4.26. The molecule has 0 radical (unpaired) electrons. The lowest BCUT2D eigenvalue weighted by molar-refractivity contribution is 0.101. The maximum absolute atomic E-state index is 12.9. The number of carbonyl (C=O) groups excluding carboxylic acids is 2. The molecule has 8 nitrogen and oxygen atoms in total. The smallest absolute Gasteiger partial charge is 0.273 e. The van der Waals surface area contributed by atoms with Crippen LogP contribution in [0.2, 0.25) is 0 Å². The molecule has 8 heteroatoms. The van der Waals surface area contributed by atoms with E-state index >= 15 is 0 Å². The van der Waals surface area contributed by atoms with Crippen LogP contribution in [0.5, 0.6) is 11.5 Å². The number of Topliss-reactive ketones (excluding diaryl/α,β-unsaturated/α-hetero) is 1. The van der Waals surface area contributed by atoms with E-state index in [4.69, 9.17) is 9.47 Å². The third-order valence-electron chi connectivity index (χ3n) is 5.34. The maximum Gasteiger partial charge on any atom is 0.273 e. The van der Waals surface area contributed by atoms with Gasteiger partial charge in [-0.1, -0.05) is 13.3 Å². The zero-order valence-corrected chi connectivity index (χ0v) is 19.2. The summed E-state index contributed by atoms with van der Waals surface area (Å²) in [5.41, 5.74) is 4.46. The summed E-state index contributed by atoms with van der Waals surface area (Å²) in [7, 11) is 3.25. The van der Waals surface area contributed by atoms with Gasteiger partial charge in [0, 0.05) is 29.1 Å². The molecule has 0 atom stereocenters. The van der Waals surface area contributed by atoms with Crippen molar-refractivity contribution in [3.05, 3.63) is 58.0 Å². The molecule has 0 aliphatic heterocycles. The van der Waals surface area contributed by atoms with Crippen LogP contribution in [0.4, 0.5) is 5.82 Å². The lowest BCUT2D eigenvalue weighted by atomic mass is 10.0. The fraction of sp³-hybridized carbons (Fsp3) is 0.375. The number of nitrogens with one attached hydrogen (secondary N) is 3. The quantitative estimate of drug-likeness (QED) is 0.410. The van der Waals surface area contributed by atoms with E-state index in [-0.39, 0.29) is 11.7 Å². The average molecular weight is 439 g/mol. The van der Waals surface area contributed by atoms with Gasteiger partial charge in [0.05, 0.1) is 14.2 Å². The molecule has 3 rings (SSSR count). The number of hydrogen-bond donors (Lipinski definition) is 3. The topological polar surface area (TPSA) is 109 Å². The Morgan fingerprint density at radius 2 is 1.72 bits per heavy atom. The fourth-order valence-corrected chi connectivity index (χ4v) is 3.87. The number of nitrogens with zero attached hydrogens (tertiary/aromatic N) is 1. The number of ether oxygens (including phenoxy) is 2. The van der Waals surface area contributed by atoms with Gasteiger partial charge in [0.1, 0.15) is 17.2 Å². The zero-order chi connectivity index (χ0) is 23.3. The molecule has 0 aliphatic rings. The lowest BCUT2D eigenvalue weighted by Crippen LogP contribution is -2.15. The minimum Gasteiger partial charge on any atom is -0.497 e. The van der Waals surface area contributed by atoms with Crippen LogP contribution in [0.3, 0.4) is 0 Å². The zero-order valence-electron chi connectivity index (χ0n) is 19.2. The Hall–Kier alpha value is -3.55. The van der Waals surface area contributed by atoms with E-state index in [9.17, 15) is 9.59 Å². The van der Waals surface area contributed by atoms with Crippen molar-refractivity contribution in [2.24, 2.45) is 0 Å². The molecule has 0 saturated carbocycles. The van der Waals surface area contributed by atoms with Crippen LogP contribution in [0.1, 0.15) is 63.6 Å². The fourth-order valence-electron chi connectivity index (χ4n) is 3.87. The van der Waals surface area contributed by atoms with Crippen molar-refractivity contribution in [1.29, 1.82) is 0 Å². The summed E-state index contributed by atoms with van der Waals surface area (Å²) in [6.07, 6.45) is 2.94. The maximum atomic E-state index is 12.9. The number of hydrogen-bond acceptors (Lipinski definition) is 5. The van der Waals surface area contributed by atoms with E-state index < -0.39 is 0 Å². The van der Waals surface area contributed by atoms with Gasteiger partial charge >= 0.3 is 0 Å². The average Bonchev–Trinajstić information content (AvgIpc) is 3.35. The SMILES string of the molecule is CCCc1c(C(=O)Nc2cc(CCc3cc(OC)cc(OC)c3)[nH]n2)[nH]c(C)c1C(C)=O. The molecule has 2 heterocycles. The predicted molar refractivity (Wildman–Crippen MR) is 123 cm³/mol. The Labute approximate surface area is 187 Å². The van der Waals surface area contributed by atoms with E-state index in [1.807, 2.05) is 38.1 Å². The first-order valence-electron chi connectivity index (χ1n) is 10.7. The van der Waals surface area contributed by atoms with Gasteiger partial charge in [0.2, 0.25) is 0 Å². The van der Waals surface area contributed by atoms with Crippen LogP contribution >= 0.6 is 0 Å². The first-order valence-corrected chi connectivity index (χ1v) is 10.7. The summed E-state index contributed by atoms with van der Waals surface area (Å²) < 4.78 is 10.6. The van der Waals surface area contributed by atoms with Gasteiger partial charge in [0.25, 0.3) is 5.91 Å². The second-order valence-electron chi connectivity index (χ2n) is 7.74. The van der Waals surface area contributed by atoms with Gasteiger partial charge in [-0.25, -0.2) is 0 Å². The number of aromatic amines is 2. The molecular weight excluding hydrogens is 408 g/mol. The van der Waals surface area contributed by atoms with Crippen LogP contribution in [0.15, 0.2) is 24.3 Å². The summed E-state index contributed by atoms with van der Waals surface area (Å²) in [6.45, 7) is 5.35. The molecule has 3 N–H and O–H groups in total. The van der Waals surface area contributed by atoms with Crippen molar-refractivity contribution in [2.45, 2.75) is 46.5 Å². The molecule has 0 spiro atoms. The van der Waals surface area contributed by atoms with Crippen molar-refractivity contribution in [2.75, 3.05) is 19.5 Å². The lowest BCUT2D eigenvalue weighted by Gasteiger charge is -2.08. The number of benzene rings is 1. The Kier molecular flexibility index (Phi) is 7.35. The highest BCUT2D eigenvalue weighted by Crippen LogP contribution is 2.24. The third-order valence-corrected chi connectivity index (χ3v) is 5.34. The number of aromatic nitrogens is 3. The number of anilines is 1. The van der Waals surface area contributed by atoms with E-state index in [0.717, 1.165) is 41.2 Å². The van der Waals surface area contributed by atoms with Crippen LogP contribution < -0.4 is 14.8 Å². The molecule has 0 saturated heterocycles. The summed E-state index contributed by atoms with van der Waals surface area (Å²) >= 11 is 0. The van der Waals surface area contributed by atoms with Gasteiger partial charge in [-0.3, -0.25) is 14.7 Å². The van der Waals surface area contributed by atoms with Gasteiger partial charge in [0.15, 0.2) is 11.6 Å². The van der Waals surface area contributed by atoms with Gasteiger partial charge in [-0.05, 0) is 56.4 Å². The molecule has 3 aromatic rings. The summed E-state index contributed by atoms with van der Waals surface area (Å²) in [5, 5.41) is 10.0. The van der Waals surface area contributed by atoms with Gasteiger partial charge in [-0.15, -0.1) is 0 Å². The molecule has 0 aliphatic carbocycles. The second kappa shape index (κ2) is 10.2. The summed E-state index contributed by atoms with van der Waals surface area (Å²) in [4.78, 5) is 28.0. The van der Waals surface area contributed by atoms with Crippen LogP contribution in [0.25, 0.3) is 0 Å². The minimum atomic E-state index is -0.306. The monoisotopic (exact) mass is 438 g/mol. The highest BCUT2D eigenvalue weighted by Gasteiger charge is 2.22. The van der Waals surface area contributed by atoms with E-state index in [1.54, 1.807) is 14.2 Å². The number of amides is 1. The molecular formula is C24H30N4O4. The molecule has 0 bridgehead atoms. The molecule has 1 aromatic carbocycles.